The van der Waals surface area contributed by atoms with E-state index in [9.17, 15) is 4.79 Å². The molecule has 0 aromatic heterocycles. The maximum Gasteiger partial charge on any atom is 0.328 e. The fourth-order valence-corrected chi connectivity index (χ4v) is 1.98. The summed E-state index contributed by atoms with van der Waals surface area (Å²) in [6.45, 7) is 4.10. The normalized spacial score (nSPS) is 10.6. The number of benzene rings is 1. The Morgan fingerprint density at radius 2 is 2.16 bits per heavy atom. The zero-order valence-electron chi connectivity index (χ0n) is 10.2. The fourth-order valence-electron chi connectivity index (χ4n) is 1.42. The summed E-state index contributed by atoms with van der Waals surface area (Å²) in [6.07, 6.45) is 5.87. The smallest absolute Gasteiger partial charge is 0.328 e. The van der Waals surface area contributed by atoms with Gasteiger partial charge in [-0.2, -0.15) is 0 Å². The SMILES string of the molecule is C=CCCCOc1c(Cl)cc(Cl)cc1C=CC(=O)O. The summed E-state index contributed by atoms with van der Waals surface area (Å²) >= 11 is 11.9. The van der Waals surface area contributed by atoms with Crippen LogP contribution in [0.1, 0.15) is 18.4 Å². The Kier molecular flexibility index (Phi) is 6.46. The van der Waals surface area contributed by atoms with Crippen molar-refractivity contribution in [1.29, 1.82) is 0 Å². The number of carbonyl (C=O) groups is 1. The standard InChI is InChI=1S/C14H14Cl2O3/c1-2-3-4-7-19-14-10(5-6-13(17)18)8-11(15)9-12(14)16/h2,5-6,8-9H,1,3-4,7H2,(H,17,18). The van der Waals surface area contributed by atoms with Crippen LogP contribution in [0.15, 0.2) is 30.9 Å². The fraction of sp³-hybridized carbons (Fsp3) is 0.214. The molecule has 19 heavy (non-hydrogen) atoms. The van der Waals surface area contributed by atoms with Gasteiger partial charge in [-0.25, -0.2) is 4.79 Å². The lowest BCUT2D eigenvalue weighted by atomic mass is 10.2. The van der Waals surface area contributed by atoms with Gasteiger partial charge in [0.25, 0.3) is 0 Å². The molecule has 0 amide bonds. The number of halogens is 2. The number of hydrogen-bond donors (Lipinski definition) is 1. The lowest BCUT2D eigenvalue weighted by molar-refractivity contribution is -0.131. The molecule has 0 atom stereocenters. The monoisotopic (exact) mass is 300 g/mol. The molecule has 0 unspecified atom stereocenters. The number of unbranched alkanes of at least 4 members (excludes halogenated alkanes) is 1. The Morgan fingerprint density at radius 1 is 1.42 bits per heavy atom. The van der Waals surface area contributed by atoms with Gasteiger partial charge in [0.1, 0.15) is 5.75 Å². The van der Waals surface area contributed by atoms with Crippen molar-refractivity contribution in [3.63, 3.8) is 0 Å². The van der Waals surface area contributed by atoms with Crippen molar-refractivity contribution in [1.82, 2.24) is 0 Å². The van der Waals surface area contributed by atoms with Crippen LogP contribution in [-0.2, 0) is 4.79 Å². The van der Waals surface area contributed by atoms with E-state index in [1.807, 2.05) is 0 Å². The van der Waals surface area contributed by atoms with Gasteiger partial charge in [-0.15, -0.1) is 6.58 Å². The largest absolute Gasteiger partial charge is 0.491 e. The summed E-state index contributed by atoms with van der Waals surface area (Å²) < 4.78 is 5.57. The Balaban J connectivity index is 2.92. The average molecular weight is 301 g/mol. The number of hydrogen-bond acceptors (Lipinski definition) is 2. The molecular weight excluding hydrogens is 287 g/mol. The minimum absolute atomic E-state index is 0.358. The molecule has 0 bridgehead atoms. The third kappa shape index (κ3) is 5.37. The summed E-state index contributed by atoms with van der Waals surface area (Å²) in [5, 5.41) is 9.43. The van der Waals surface area contributed by atoms with Crippen molar-refractivity contribution in [3.05, 3.63) is 46.5 Å². The molecular formula is C14H14Cl2O3. The topological polar surface area (TPSA) is 46.5 Å². The molecule has 0 fully saturated rings. The van der Waals surface area contributed by atoms with Gasteiger partial charge < -0.3 is 9.84 Å². The van der Waals surface area contributed by atoms with Crippen molar-refractivity contribution in [2.24, 2.45) is 0 Å². The maximum absolute atomic E-state index is 10.5. The van der Waals surface area contributed by atoms with Crippen LogP contribution in [-0.4, -0.2) is 17.7 Å². The predicted molar refractivity (Wildman–Crippen MR) is 78.1 cm³/mol. The molecule has 3 nitrogen and oxygen atoms in total. The van der Waals surface area contributed by atoms with Crippen molar-refractivity contribution in [3.8, 4) is 5.75 Å². The highest BCUT2D eigenvalue weighted by Crippen LogP contribution is 2.33. The molecule has 1 N–H and O–H groups in total. The predicted octanol–water partition coefficient (Wildman–Crippen LogP) is 4.44. The highest BCUT2D eigenvalue weighted by atomic mass is 35.5. The Bertz CT molecular complexity index is 496. The van der Waals surface area contributed by atoms with Crippen LogP contribution >= 0.6 is 23.2 Å². The van der Waals surface area contributed by atoms with Gasteiger partial charge in [-0.3, -0.25) is 0 Å². The second kappa shape index (κ2) is 7.87. The minimum atomic E-state index is -1.05. The molecule has 0 aliphatic carbocycles. The third-order valence-electron chi connectivity index (χ3n) is 2.24. The van der Waals surface area contributed by atoms with Gasteiger partial charge in [0.05, 0.1) is 11.6 Å². The zero-order chi connectivity index (χ0) is 14.3. The van der Waals surface area contributed by atoms with Crippen molar-refractivity contribution >= 4 is 35.2 Å². The number of carboxylic acid groups (broad SMARTS) is 1. The second-order valence-corrected chi connectivity index (χ2v) is 4.60. The lowest BCUT2D eigenvalue weighted by Gasteiger charge is -2.11. The van der Waals surface area contributed by atoms with Crippen molar-refractivity contribution in [2.75, 3.05) is 6.61 Å². The number of allylic oxidation sites excluding steroid dienone is 1. The minimum Gasteiger partial charge on any atom is -0.491 e. The summed E-state index contributed by atoms with van der Waals surface area (Å²) in [6, 6.07) is 3.17. The van der Waals surface area contributed by atoms with E-state index < -0.39 is 5.97 Å². The number of aliphatic carboxylic acids is 1. The number of rotatable bonds is 7. The van der Waals surface area contributed by atoms with E-state index in [4.69, 9.17) is 33.0 Å². The van der Waals surface area contributed by atoms with Gasteiger partial charge in [0, 0.05) is 16.7 Å². The van der Waals surface area contributed by atoms with Crippen LogP contribution < -0.4 is 4.74 Å². The maximum atomic E-state index is 10.5. The van der Waals surface area contributed by atoms with Gasteiger partial charge in [0.15, 0.2) is 0 Å². The Hall–Kier alpha value is -1.45. The van der Waals surface area contributed by atoms with E-state index in [1.54, 1.807) is 18.2 Å². The summed E-state index contributed by atoms with van der Waals surface area (Å²) in [4.78, 5) is 10.5. The van der Waals surface area contributed by atoms with Crippen molar-refractivity contribution < 1.29 is 14.6 Å². The molecule has 1 aromatic carbocycles. The molecule has 0 saturated heterocycles. The first-order chi connectivity index (χ1) is 9.04. The molecule has 102 valence electrons. The van der Waals surface area contributed by atoms with Gasteiger partial charge in [-0.1, -0.05) is 29.3 Å². The molecule has 1 rings (SSSR count). The lowest BCUT2D eigenvalue weighted by Crippen LogP contribution is -1.99. The van der Waals surface area contributed by atoms with E-state index in [1.165, 1.54) is 6.08 Å². The van der Waals surface area contributed by atoms with E-state index in [0.29, 0.717) is 28.0 Å². The highest BCUT2D eigenvalue weighted by molar-refractivity contribution is 6.35. The van der Waals surface area contributed by atoms with Gasteiger partial charge in [0.2, 0.25) is 0 Å². The van der Waals surface area contributed by atoms with E-state index in [2.05, 4.69) is 6.58 Å². The molecule has 0 spiro atoms. The Morgan fingerprint density at radius 3 is 2.79 bits per heavy atom. The number of carboxylic acids is 1. The molecule has 0 heterocycles. The molecule has 5 heteroatoms. The van der Waals surface area contributed by atoms with Gasteiger partial charge in [-0.05, 0) is 31.1 Å². The first kappa shape index (κ1) is 15.6. The highest BCUT2D eigenvalue weighted by Gasteiger charge is 2.09. The average Bonchev–Trinajstić information content (AvgIpc) is 2.34. The quantitative estimate of drug-likeness (QED) is 0.460. The summed E-state index contributed by atoms with van der Waals surface area (Å²) in [7, 11) is 0. The first-order valence-corrected chi connectivity index (χ1v) is 6.44. The second-order valence-electron chi connectivity index (χ2n) is 3.76. The van der Waals surface area contributed by atoms with E-state index >= 15 is 0 Å². The van der Waals surface area contributed by atoms with Crippen LogP contribution in [0.2, 0.25) is 10.0 Å². The van der Waals surface area contributed by atoms with E-state index in [0.717, 1.165) is 18.9 Å². The summed E-state index contributed by atoms with van der Waals surface area (Å²) in [5.41, 5.74) is 0.540. The van der Waals surface area contributed by atoms with Crippen LogP contribution in [0, 0.1) is 0 Å². The van der Waals surface area contributed by atoms with Crippen LogP contribution in [0.3, 0.4) is 0 Å². The molecule has 0 aliphatic rings. The molecule has 1 aromatic rings. The number of ether oxygens (including phenoxy) is 1. The van der Waals surface area contributed by atoms with Crippen LogP contribution in [0.5, 0.6) is 5.75 Å². The van der Waals surface area contributed by atoms with Crippen LogP contribution in [0.4, 0.5) is 0 Å². The molecule has 0 saturated carbocycles. The van der Waals surface area contributed by atoms with E-state index in [-0.39, 0.29) is 0 Å². The molecule has 0 radical (unpaired) electrons. The Labute approximate surface area is 122 Å². The van der Waals surface area contributed by atoms with Gasteiger partial charge >= 0.3 is 5.97 Å². The zero-order valence-corrected chi connectivity index (χ0v) is 11.7. The third-order valence-corrected chi connectivity index (χ3v) is 2.74. The first-order valence-electron chi connectivity index (χ1n) is 5.68. The van der Waals surface area contributed by atoms with Crippen LogP contribution in [0.25, 0.3) is 6.08 Å². The van der Waals surface area contributed by atoms with Crippen molar-refractivity contribution in [2.45, 2.75) is 12.8 Å². The summed E-state index contributed by atoms with van der Waals surface area (Å²) in [5.74, 6) is -0.610. The molecule has 0 aliphatic heterocycles.